The molecule has 2 aliphatic rings. The number of halogens is 1. The van der Waals surface area contributed by atoms with E-state index in [2.05, 4.69) is 30.6 Å². The number of nitrogens with zero attached hydrogens (tertiary/aromatic N) is 7. The van der Waals surface area contributed by atoms with Crippen molar-refractivity contribution < 1.29 is 9.50 Å². The van der Waals surface area contributed by atoms with Crippen LogP contribution in [-0.4, -0.2) is 66.4 Å². The molecule has 2 aromatic heterocycles. The van der Waals surface area contributed by atoms with Crippen molar-refractivity contribution in [3.8, 4) is 28.5 Å². The number of alkyl halides is 1. The Morgan fingerprint density at radius 1 is 1.19 bits per heavy atom. The zero-order valence-electron chi connectivity index (χ0n) is 17.5. The molecule has 2 fully saturated rings. The second-order valence-corrected chi connectivity index (χ2v) is 8.37. The number of benzene rings is 1. The number of aromatic hydroxyl groups is 1. The third-order valence-corrected chi connectivity index (χ3v) is 6.30. The number of phenols is 1. The summed E-state index contributed by atoms with van der Waals surface area (Å²) in [5, 5.41) is 26.6. The summed E-state index contributed by atoms with van der Waals surface area (Å²) in [5.41, 5.74) is 1.15. The Morgan fingerprint density at radius 3 is 2.77 bits per heavy atom. The van der Waals surface area contributed by atoms with Crippen LogP contribution in [0.5, 0.6) is 5.75 Å². The summed E-state index contributed by atoms with van der Waals surface area (Å²) in [4.78, 5) is 10.4. The van der Waals surface area contributed by atoms with Crippen LogP contribution in [0, 0.1) is 0 Å². The number of anilines is 1. The molecule has 2 N–H and O–H groups in total. The predicted octanol–water partition coefficient (Wildman–Crippen LogP) is 2.10. The molecule has 2 aliphatic heterocycles. The number of aromatic nitrogens is 6. The molecule has 0 unspecified atom stereocenters. The van der Waals surface area contributed by atoms with Gasteiger partial charge in [-0.1, -0.05) is 12.5 Å². The first-order valence-corrected chi connectivity index (χ1v) is 10.5. The van der Waals surface area contributed by atoms with Gasteiger partial charge in [-0.05, 0) is 31.4 Å². The van der Waals surface area contributed by atoms with Gasteiger partial charge in [0, 0.05) is 31.7 Å². The topological polar surface area (TPSA) is 105 Å². The van der Waals surface area contributed by atoms with E-state index >= 15 is 4.39 Å². The Labute approximate surface area is 179 Å². The van der Waals surface area contributed by atoms with Crippen LogP contribution in [-0.2, 0) is 7.05 Å². The molecule has 0 amide bonds. The van der Waals surface area contributed by atoms with Gasteiger partial charge in [-0.15, -0.1) is 10.2 Å². The van der Waals surface area contributed by atoms with Crippen LogP contribution in [0.2, 0.25) is 0 Å². The van der Waals surface area contributed by atoms with E-state index in [1.54, 1.807) is 42.5 Å². The Bertz CT molecular complexity index is 1070. The summed E-state index contributed by atoms with van der Waals surface area (Å²) in [7, 11) is 3.62. The minimum Gasteiger partial charge on any atom is -0.507 e. The minimum absolute atomic E-state index is 0.0165. The van der Waals surface area contributed by atoms with Crippen LogP contribution in [0.4, 0.5) is 10.2 Å². The highest BCUT2D eigenvalue weighted by Gasteiger charge is 2.42. The van der Waals surface area contributed by atoms with E-state index in [1.165, 1.54) is 0 Å². The Kier molecular flexibility index (Phi) is 5.01. The quantitative estimate of drug-likeness (QED) is 0.656. The van der Waals surface area contributed by atoms with Gasteiger partial charge in [0.05, 0.1) is 17.8 Å². The lowest BCUT2D eigenvalue weighted by Gasteiger charge is -2.45. The van der Waals surface area contributed by atoms with Crippen LogP contribution in [0.25, 0.3) is 22.8 Å². The van der Waals surface area contributed by atoms with Gasteiger partial charge in [0.15, 0.2) is 17.5 Å². The van der Waals surface area contributed by atoms with E-state index in [0.29, 0.717) is 34.6 Å². The summed E-state index contributed by atoms with van der Waals surface area (Å²) < 4.78 is 16.6. The molecule has 2 bridgehead atoms. The molecular weight excluding hydrogens is 399 g/mol. The summed E-state index contributed by atoms with van der Waals surface area (Å²) in [6, 6.07) is 5.10. The van der Waals surface area contributed by atoms with Gasteiger partial charge in [-0.3, -0.25) is 4.68 Å². The van der Waals surface area contributed by atoms with Crippen LogP contribution >= 0.6 is 0 Å². The van der Waals surface area contributed by atoms with Crippen LogP contribution in [0.1, 0.15) is 25.7 Å². The number of hydrogen-bond donors (Lipinski definition) is 2. The number of phenolic OH excluding ortho intramolecular Hbond substituents is 1. The van der Waals surface area contributed by atoms with Gasteiger partial charge in [-0.2, -0.15) is 5.10 Å². The second kappa shape index (κ2) is 7.84. The fraction of sp³-hybridized carbons (Fsp3) is 0.476. The molecule has 2 saturated heterocycles. The largest absolute Gasteiger partial charge is 0.507 e. The van der Waals surface area contributed by atoms with E-state index in [9.17, 15) is 5.11 Å². The summed E-state index contributed by atoms with van der Waals surface area (Å²) in [5.74, 6) is 1.36. The minimum atomic E-state index is -0.958. The van der Waals surface area contributed by atoms with Crippen molar-refractivity contribution in [3.63, 3.8) is 0 Å². The van der Waals surface area contributed by atoms with Gasteiger partial charge in [-0.25, -0.2) is 14.4 Å². The molecule has 162 valence electrons. The summed E-state index contributed by atoms with van der Waals surface area (Å²) in [6.45, 7) is 0. The Balaban J connectivity index is 1.35. The van der Waals surface area contributed by atoms with Gasteiger partial charge < -0.3 is 15.3 Å². The highest BCUT2D eigenvalue weighted by molar-refractivity contribution is 5.70. The lowest BCUT2D eigenvalue weighted by atomic mass is 9.82. The molecule has 0 aliphatic carbocycles. The first kappa shape index (κ1) is 19.8. The fourth-order valence-corrected chi connectivity index (χ4v) is 4.61. The van der Waals surface area contributed by atoms with Crippen molar-refractivity contribution in [2.75, 3.05) is 11.9 Å². The standard InChI is InChI=1S/C21H25FN8O/c1-29-11-24-20(28-29)12-6-7-14(17(31)8-12)21-23-10-18(26-27-21)30(2)16-9-13-4-3-5-15(25-13)19(16)22/h6-8,10-11,13,15-16,19,25,31H,3-5,9H2,1-2H3/t13-,15-,16-,19+/m1/s1. The number of aryl methyl sites for hydroxylation is 1. The SMILES string of the molecule is CN(c1cnc(-c2ccc(-c3ncn(C)n3)cc2O)nn1)[C@@H]1C[C@H]2CCC[C@@H](N2)[C@@H]1F. The predicted molar refractivity (Wildman–Crippen MR) is 113 cm³/mol. The van der Waals surface area contributed by atoms with Gasteiger partial charge in [0.25, 0.3) is 0 Å². The average molecular weight is 424 g/mol. The average Bonchev–Trinajstić information content (AvgIpc) is 3.22. The third-order valence-electron chi connectivity index (χ3n) is 6.30. The number of fused-ring (bicyclic) bond motifs is 2. The molecule has 3 aromatic rings. The maximum absolute atomic E-state index is 15.0. The maximum atomic E-state index is 15.0. The second-order valence-electron chi connectivity index (χ2n) is 8.37. The van der Waals surface area contributed by atoms with Crippen molar-refractivity contribution in [2.24, 2.45) is 7.05 Å². The lowest BCUT2D eigenvalue weighted by molar-refractivity contribution is 0.107. The third kappa shape index (κ3) is 3.71. The monoisotopic (exact) mass is 424 g/mol. The van der Waals surface area contributed by atoms with Gasteiger partial charge in [0.1, 0.15) is 18.2 Å². The van der Waals surface area contributed by atoms with E-state index in [-0.39, 0.29) is 17.8 Å². The Morgan fingerprint density at radius 2 is 2.06 bits per heavy atom. The zero-order chi connectivity index (χ0) is 21.5. The van der Waals surface area contributed by atoms with E-state index in [1.807, 2.05) is 11.9 Å². The summed E-state index contributed by atoms with van der Waals surface area (Å²) in [6.07, 6.45) is 5.99. The Hall–Kier alpha value is -3.14. The molecule has 1 aromatic carbocycles. The van der Waals surface area contributed by atoms with E-state index < -0.39 is 6.17 Å². The highest BCUT2D eigenvalue weighted by Crippen LogP contribution is 2.33. The molecule has 4 atom stereocenters. The molecule has 10 heteroatoms. The number of rotatable bonds is 4. The van der Waals surface area contributed by atoms with Crippen molar-refractivity contribution in [3.05, 3.63) is 30.7 Å². The molecule has 0 saturated carbocycles. The number of nitrogens with one attached hydrogen (secondary N) is 1. The first-order chi connectivity index (χ1) is 15.0. The number of hydrogen-bond acceptors (Lipinski definition) is 8. The van der Waals surface area contributed by atoms with E-state index in [4.69, 9.17) is 0 Å². The normalized spacial score (nSPS) is 25.4. The molecule has 31 heavy (non-hydrogen) atoms. The van der Waals surface area contributed by atoms with Crippen LogP contribution in [0.15, 0.2) is 30.7 Å². The van der Waals surface area contributed by atoms with E-state index in [0.717, 1.165) is 25.7 Å². The summed E-state index contributed by atoms with van der Waals surface area (Å²) >= 11 is 0. The van der Waals surface area contributed by atoms with Crippen molar-refractivity contribution >= 4 is 5.82 Å². The zero-order valence-corrected chi connectivity index (χ0v) is 17.5. The molecule has 5 rings (SSSR count). The van der Waals surface area contributed by atoms with Crippen molar-refractivity contribution in [1.29, 1.82) is 0 Å². The van der Waals surface area contributed by atoms with Gasteiger partial charge >= 0.3 is 0 Å². The smallest absolute Gasteiger partial charge is 0.185 e. The molecular formula is C21H25FN8O. The van der Waals surface area contributed by atoms with Crippen LogP contribution in [0.3, 0.4) is 0 Å². The fourth-order valence-electron chi connectivity index (χ4n) is 4.61. The molecule has 9 nitrogen and oxygen atoms in total. The first-order valence-electron chi connectivity index (χ1n) is 10.5. The van der Waals surface area contributed by atoms with Crippen LogP contribution < -0.4 is 10.2 Å². The lowest BCUT2D eigenvalue weighted by Crippen LogP contribution is -2.61. The van der Waals surface area contributed by atoms with Crippen molar-refractivity contribution in [2.45, 2.75) is 50.0 Å². The number of piperidine rings is 2. The molecule has 0 radical (unpaired) electrons. The molecule has 0 spiro atoms. The maximum Gasteiger partial charge on any atom is 0.185 e. The highest BCUT2D eigenvalue weighted by atomic mass is 19.1. The van der Waals surface area contributed by atoms with Crippen molar-refractivity contribution in [1.82, 2.24) is 35.3 Å². The van der Waals surface area contributed by atoms with Gasteiger partial charge in [0.2, 0.25) is 0 Å². The molecule has 4 heterocycles.